The summed E-state index contributed by atoms with van der Waals surface area (Å²) in [5.74, 6) is -1.08. The van der Waals surface area contributed by atoms with Gasteiger partial charge >= 0.3 is 0 Å². The third kappa shape index (κ3) is 4.01. The SMILES string of the molecule is NC(=O)c1ccc(COCC2CCCCN2)c(F)c1. The molecule has 0 radical (unpaired) electrons. The average Bonchev–Trinajstić information content (AvgIpc) is 2.41. The summed E-state index contributed by atoms with van der Waals surface area (Å²) in [5.41, 5.74) is 5.71. The Morgan fingerprint density at radius 2 is 2.32 bits per heavy atom. The maximum absolute atomic E-state index is 13.7. The summed E-state index contributed by atoms with van der Waals surface area (Å²) in [6.07, 6.45) is 3.52. The van der Waals surface area contributed by atoms with Crippen LogP contribution in [0.1, 0.15) is 35.2 Å². The van der Waals surface area contributed by atoms with E-state index in [1.54, 1.807) is 6.07 Å². The summed E-state index contributed by atoms with van der Waals surface area (Å²) in [6, 6.07) is 4.58. The van der Waals surface area contributed by atoms with Gasteiger partial charge in [0.15, 0.2) is 0 Å². The molecule has 104 valence electrons. The number of carbonyl (C=O) groups is 1. The van der Waals surface area contributed by atoms with Crippen molar-refractivity contribution in [3.05, 3.63) is 35.1 Å². The lowest BCUT2D eigenvalue weighted by Crippen LogP contribution is -2.37. The largest absolute Gasteiger partial charge is 0.375 e. The number of ether oxygens (including phenoxy) is 1. The summed E-state index contributed by atoms with van der Waals surface area (Å²) < 4.78 is 19.2. The highest BCUT2D eigenvalue weighted by Crippen LogP contribution is 2.13. The normalized spacial score (nSPS) is 19.3. The smallest absolute Gasteiger partial charge is 0.248 e. The first-order valence-corrected chi connectivity index (χ1v) is 6.56. The number of piperidine rings is 1. The Bertz CT molecular complexity index is 445. The van der Waals surface area contributed by atoms with Gasteiger partial charge in [-0.3, -0.25) is 4.79 Å². The van der Waals surface area contributed by atoms with Crippen molar-refractivity contribution < 1.29 is 13.9 Å². The molecule has 1 atom stereocenters. The van der Waals surface area contributed by atoms with E-state index in [0.29, 0.717) is 18.2 Å². The van der Waals surface area contributed by atoms with Gasteiger partial charge in [0.1, 0.15) is 5.82 Å². The molecule has 0 bridgehead atoms. The van der Waals surface area contributed by atoms with Crippen molar-refractivity contribution in [1.29, 1.82) is 0 Å². The van der Waals surface area contributed by atoms with Crippen LogP contribution in [0, 0.1) is 5.82 Å². The quantitative estimate of drug-likeness (QED) is 0.850. The summed E-state index contributed by atoms with van der Waals surface area (Å²) in [5, 5.41) is 3.36. The standard InChI is InChI=1S/C14H19FN2O2/c15-13-7-10(14(16)18)4-5-11(13)8-19-9-12-3-1-2-6-17-12/h4-5,7,12,17H,1-3,6,8-9H2,(H2,16,18). The third-order valence-corrected chi connectivity index (χ3v) is 3.33. The van der Waals surface area contributed by atoms with Gasteiger partial charge in [0.05, 0.1) is 13.2 Å². The molecule has 0 aliphatic carbocycles. The number of nitrogens with one attached hydrogen (secondary N) is 1. The van der Waals surface area contributed by atoms with Crippen LogP contribution in [0.2, 0.25) is 0 Å². The molecule has 1 saturated heterocycles. The fraction of sp³-hybridized carbons (Fsp3) is 0.500. The predicted molar refractivity (Wildman–Crippen MR) is 70.2 cm³/mol. The van der Waals surface area contributed by atoms with E-state index in [4.69, 9.17) is 10.5 Å². The second-order valence-electron chi connectivity index (χ2n) is 4.83. The molecule has 3 N–H and O–H groups in total. The van der Waals surface area contributed by atoms with E-state index in [9.17, 15) is 9.18 Å². The van der Waals surface area contributed by atoms with E-state index in [2.05, 4.69) is 5.32 Å². The molecule has 1 aromatic carbocycles. The summed E-state index contributed by atoms with van der Waals surface area (Å²) >= 11 is 0. The van der Waals surface area contributed by atoms with Crippen molar-refractivity contribution in [1.82, 2.24) is 5.32 Å². The minimum atomic E-state index is -0.627. The number of benzene rings is 1. The van der Waals surface area contributed by atoms with E-state index < -0.39 is 11.7 Å². The maximum atomic E-state index is 13.7. The van der Waals surface area contributed by atoms with Crippen LogP contribution in [0.25, 0.3) is 0 Å². The highest BCUT2D eigenvalue weighted by Gasteiger charge is 2.13. The third-order valence-electron chi connectivity index (χ3n) is 3.33. The Balaban J connectivity index is 1.83. The number of halogens is 1. The van der Waals surface area contributed by atoms with Gasteiger partial charge in [-0.2, -0.15) is 0 Å². The lowest BCUT2D eigenvalue weighted by atomic mass is 10.1. The van der Waals surface area contributed by atoms with E-state index >= 15 is 0 Å². The van der Waals surface area contributed by atoms with Crippen molar-refractivity contribution in [2.24, 2.45) is 5.73 Å². The van der Waals surface area contributed by atoms with Crippen LogP contribution in [-0.2, 0) is 11.3 Å². The first-order valence-electron chi connectivity index (χ1n) is 6.56. The lowest BCUT2D eigenvalue weighted by Gasteiger charge is -2.23. The molecule has 1 unspecified atom stereocenters. The van der Waals surface area contributed by atoms with E-state index in [1.807, 2.05) is 0 Å². The molecule has 1 fully saturated rings. The zero-order chi connectivity index (χ0) is 13.7. The molecule has 1 heterocycles. The van der Waals surface area contributed by atoms with Crippen LogP contribution in [0.5, 0.6) is 0 Å². The molecule has 1 aliphatic heterocycles. The van der Waals surface area contributed by atoms with Crippen LogP contribution >= 0.6 is 0 Å². The van der Waals surface area contributed by atoms with Gasteiger partial charge in [-0.1, -0.05) is 12.5 Å². The molecule has 19 heavy (non-hydrogen) atoms. The van der Waals surface area contributed by atoms with Crippen LogP contribution < -0.4 is 11.1 Å². The van der Waals surface area contributed by atoms with Crippen LogP contribution in [0.3, 0.4) is 0 Å². The Hall–Kier alpha value is -1.46. The Morgan fingerprint density at radius 1 is 1.47 bits per heavy atom. The van der Waals surface area contributed by atoms with Gasteiger partial charge in [0.2, 0.25) is 5.91 Å². The zero-order valence-electron chi connectivity index (χ0n) is 10.8. The van der Waals surface area contributed by atoms with Crippen molar-refractivity contribution in [3.8, 4) is 0 Å². The number of carbonyl (C=O) groups excluding carboxylic acids is 1. The van der Waals surface area contributed by atoms with E-state index in [-0.39, 0.29) is 12.2 Å². The molecule has 1 amide bonds. The monoisotopic (exact) mass is 266 g/mol. The number of hydrogen-bond donors (Lipinski definition) is 2. The highest BCUT2D eigenvalue weighted by molar-refractivity contribution is 5.92. The molecule has 0 saturated carbocycles. The number of primary amides is 1. The maximum Gasteiger partial charge on any atom is 0.248 e. The number of rotatable bonds is 5. The molecule has 2 rings (SSSR count). The predicted octanol–water partition coefficient (Wildman–Crippen LogP) is 1.58. The number of nitrogens with two attached hydrogens (primary N) is 1. The molecule has 1 aromatic rings. The molecule has 0 spiro atoms. The number of amides is 1. The van der Waals surface area contributed by atoms with Crippen LogP contribution in [0.4, 0.5) is 4.39 Å². The van der Waals surface area contributed by atoms with Crippen molar-refractivity contribution >= 4 is 5.91 Å². The minimum Gasteiger partial charge on any atom is -0.375 e. The molecule has 1 aliphatic rings. The molecular formula is C14H19FN2O2. The molecule has 0 aromatic heterocycles. The van der Waals surface area contributed by atoms with Gasteiger partial charge in [-0.15, -0.1) is 0 Å². The lowest BCUT2D eigenvalue weighted by molar-refractivity contribution is 0.0892. The first kappa shape index (κ1) is 14.0. The van der Waals surface area contributed by atoms with Gasteiger partial charge in [-0.25, -0.2) is 4.39 Å². The van der Waals surface area contributed by atoms with Crippen molar-refractivity contribution in [2.45, 2.75) is 31.9 Å². The highest BCUT2D eigenvalue weighted by atomic mass is 19.1. The second kappa shape index (κ2) is 6.63. The van der Waals surface area contributed by atoms with Crippen LogP contribution in [0.15, 0.2) is 18.2 Å². The van der Waals surface area contributed by atoms with Gasteiger partial charge in [0.25, 0.3) is 0 Å². The summed E-state index contributed by atoms with van der Waals surface area (Å²) in [7, 11) is 0. The Labute approximate surface area is 112 Å². The molecular weight excluding hydrogens is 247 g/mol. The zero-order valence-corrected chi connectivity index (χ0v) is 10.8. The van der Waals surface area contributed by atoms with Gasteiger partial charge in [0, 0.05) is 17.2 Å². The Morgan fingerprint density at radius 3 is 2.95 bits per heavy atom. The topological polar surface area (TPSA) is 64.4 Å². The van der Waals surface area contributed by atoms with E-state index in [0.717, 1.165) is 19.0 Å². The number of hydrogen-bond acceptors (Lipinski definition) is 3. The van der Waals surface area contributed by atoms with Gasteiger partial charge in [-0.05, 0) is 31.5 Å². The molecule has 4 nitrogen and oxygen atoms in total. The van der Waals surface area contributed by atoms with Gasteiger partial charge < -0.3 is 15.8 Å². The Kier molecular flexibility index (Phi) is 4.87. The van der Waals surface area contributed by atoms with Crippen molar-refractivity contribution in [2.75, 3.05) is 13.2 Å². The summed E-state index contributed by atoms with van der Waals surface area (Å²) in [4.78, 5) is 10.9. The average molecular weight is 266 g/mol. The van der Waals surface area contributed by atoms with Crippen molar-refractivity contribution in [3.63, 3.8) is 0 Å². The fourth-order valence-corrected chi connectivity index (χ4v) is 2.20. The summed E-state index contributed by atoms with van der Waals surface area (Å²) in [6.45, 7) is 1.82. The fourth-order valence-electron chi connectivity index (χ4n) is 2.20. The van der Waals surface area contributed by atoms with E-state index in [1.165, 1.54) is 18.9 Å². The first-order chi connectivity index (χ1) is 9.16. The van der Waals surface area contributed by atoms with Crippen LogP contribution in [-0.4, -0.2) is 25.1 Å². The minimum absolute atomic E-state index is 0.176. The molecule has 5 heteroatoms. The second-order valence-corrected chi connectivity index (χ2v) is 4.83.